The molecule has 0 aromatic carbocycles. The Morgan fingerprint density at radius 3 is 2.35 bits per heavy atom. The van der Waals surface area contributed by atoms with E-state index in [1.165, 1.54) is 0 Å². The number of carbonyl (C=O) groups is 1. The Bertz CT molecular complexity index is 240. The van der Waals surface area contributed by atoms with Gasteiger partial charge in [0.1, 0.15) is 0 Å². The van der Waals surface area contributed by atoms with Crippen LogP contribution in [0.4, 0.5) is 0 Å². The molecule has 17 heavy (non-hydrogen) atoms. The molecule has 2 atom stereocenters. The maximum absolute atomic E-state index is 11.3. The minimum absolute atomic E-state index is 0.0815. The Kier molecular flexibility index (Phi) is 5.40. The van der Waals surface area contributed by atoms with Crippen molar-refractivity contribution >= 4 is 6.41 Å². The predicted molar refractivity (Wildman–Crippen MR) is 68.9 cm³/mol. The number of likely N-dealkylation sites (tertiary alicyclic amines) is 1. The molecule has 1 aliphatic rings. The van der Waals surface area contributed by atoms with E-state index < -0.39 is 0 Å². The van der Waals surface area contributed by atoms with E-state index in [1.807, 2.05) is 11.8 Å². The van der Waals surface area contributed by atoms with Gasteiger partial charge in [-0.05, 0) is 19.9 Å². The fraction of sp³-hybridized carbons (Fsp3) is 0.923. The summed E-state index contributed by atoms with van der Waals surface area (Å²) in [5.74, 6) is 1.03. The van der Waals surface area contributed by atoms with Crippen LogP contribution in [0.5, 0.6) is 0 Å². The Balaban J connectivity index is 2.58. The average molecular weight is 242 g/mol. The second-order valence-corrected chi connectivity index (χ2v) is 5.56. The minimum atomic E-state index is 0.0815. The summed E-state index contributed by atoms with van der Waals surface area (Å²) < 4.78 is 5.40. The molecule has 2 unspecified atom stereocenters. The zero-order chi connectivity index (χ0) is 13.0. The summed E-state index contributed by atoms with van der Waals surface area (Å²) in [4.78, 5) is 15.5. The van der Waals surface area contributed by atoms with Gasteiger partial charge in [-0.3, -0.25) is 4.79 Å². The highest BCUT2D eigenvalue weighted by Crippen LogP contribution is 2.20. The van der Waals surface area contributed by atoms with Gasteiger partial charge in [-0.25, -0.2) is 0 Å². The molecule has 0 aromatic heterocycles. The number of nitrogens with zero attached hydrogens (tertiary/aromatic N) is 2. The van der Waals surface area contributed by atoms with E-state index in [0.29, 0.717) is 11.8 Å². The lowest BCUT2D eigenvalue weighted by Crippen LogP contribution is -2.54. The first-order chi connectivity index (χ1) is 7.99. The minimum Gasteiger partial charge on any atom is -0.380 e. The Labute approximate surface area is 105 Å². The molecule has 100 valence electrons. The molecular formula is C13H26N2O2. The van der Waals surface area contributed by atoms with Crippen LogP contribution in [0.3, 0.4) is 0 Å². The monoisotopic (exact) mass is 242 g/mol. The lowest BCUT2D eigenvalue weighted by atomic mass is 9.94. The van der Waals surface area contributed by atoms with E-state index in [-0.39, 0.29) is 12.1 Å². The molecule has 4 heteroatoms. The number of ether oxygens (including phenoxy) is 1. The highest BCUT2D eigenvalue weighted by atomic mass is 16.5. The van der Waals surface area contributed by atoms with Crippen molar-refractivity contribution in [1.82, 2.24) is 9.80 Å². The van der Waals surface area contributed by atoms with Crippen LogP contribution in [0.25, 0.3) is 0 Å². The molecule has 1 aliphatic heterocycles. The predicted octanol–water partition coefficient (Wildman–Crippen LogP) is 1.07. The molecule has 0 N–H and O–H groups in total. The number of methoxy groups -OCH3 is 1. The second kappa shape index (κ2) is 6.36. The summed E-state index contributed by atoms with van der Waals surface area (Å²) in [5.41, 5.74) is 0. The van der Waals surface area contributed by atoms with Gasteiger partial charge in [-0.1, -0.05) is 13.8 Å². The highest BCUT2D eigenvalue weighted by Gasteiger charge is 2.31. The molecule has 1 saturated heterocycles. The van der Waals surface area contributed by atoms with Gasteiger partial charge in [-0.2, -0.15) is 0 Å². The highest BCUT2D eigenvalue weighted by molar-refractivity contribution is 5.48. The molecule has 0 aromatic rings. The third kappa shape index (κ3) is 3.68. The third-order valence-electron chi connectivity index (χ3n) is 3.66. The second-order valence-electron chi connectivity index (χ2n) is 5.56. The zero-order valence-electron chi connectivity index (χ0n) is 11.7. The van der Waals surface area contributed by atoms with Crippen LogP contribution in [0.15, 0.2) is 0 Å². The number of carbonyl (C=O) groups excluding carboxylic acids is 1. The summed E-state index contributed by atoms with van der Waals surface area (Å²) in [5, 5.41) is 0. The van der Waals surface area contributed by atoms with Crippen molar-refractivity contribution in [1.29, 1.82) is 0 Å². The van der Waals surface area contributed by atoms with Gasteiger partial charge in [-0.15, -0.1) is 0 Å². The van der Waals surface area contributed by atoms with Gasteiger partial charge >= 0.3 is 0 Å². The van der Waals surface area contributed by atoms with E-state index in [4.69, 9.17) is 4.74 Å². The van der Waals surface area contributed by atoms with E-state index in [2.05, 4.69) is 25.8 Å². The van der Waals surface area contributed by atoms with Crippen LogP contribution in [-0.2, 0) is 9.53 Å². The van der Waals surface area contributed by atoms with Crippen LogP contribution in [0.2, 0.25) is 0 Å². The first-order valence-electron chi connectivity index (χ1n) is 6.42. The van der Waals surface area contributed by atoms with Crippen molar-refractivity contribution in [3.63, 3.8) is 0 Å². The summed E-state index contributed by atoms with van der Waals surface area (Å²) in [6.45, 7) is 9.36. The molecule has 0 radical (unpaired) electrons. The van der Waals surface area contributed by atoms with Crippen molar-refractivity contribution < 1.29 is 9.53 Å². The Morgan fingerprint density at radius 1 is 1.41 bits per heavy atom. The molecule has 0 spiro atoms. The van der Waals surface area contributed by atoms with E-state index in [1.54, 1.807) is 7.11 Å². The van der Waals surface area contributed by atoms with E-state index in [0.717, 1.165) is 26.0 Å². The Morgan fingerprint density at radius 2 is 2.00 bits per heavy atom. The maximum atomic E-state index is 11.3. The van der Waals surface area contributed by atoms with Crippen molar-refractivity contribution in [2.24, 2.45) is 11.8 Å². The van der Waals surface area contributed by atoms with Crippen molar-refractivity contribution in [2.45, 2.75) is 32.9 Å². The maximum Gasteiger partial charge on any atom is 0.210 e. The van der Waals surface area contributed by atoms with Gasteiger partial charge in [0.05, 0.1) is 12.1 Å². The lowest BCUT2D eigenvalue weighted by molar-refractivity contribution is -0.126. The SMILES string of the molecule is COC(C)C(C(C)C)N(C=O)CC1CN(C)C1. The number of amides is 1. The van der Waals surface area contributed by atoms with Crippen molar-refractivity contribution in [3.05, 3.63) is 0 Å². The van der Waals surface area contributed by atoms with Crippen LogP contribution in [0.1, 0.15) is 20.8 Å². The normalized spacial score (nSPS) is 21.1. The molecule has 1 fully saturated rings. The number of rotatable bonds is 7. The summed E-state index contributed by atoms with van der Waals surface area (Å²) >= 11 is 0. The van der Waals surface area contributed by atoms with Crippen LogP contribution in [-0.4, -0.2) is 62.1 Å². The standard InChI is InChI=1S/C13H26N2O2/c1-10(2)13(11(3)17-5)15(9-16)8-12-6-14(4)7-12/h9-13H,6-8H2,1-5H3. The summed E-state index contributed by atoms with van der Waals surface area (Å²) in [7, 11) is 3.82. The fourth-order valence-electron chi connectivity index (χ4n) is 2.81. The first kappa shape index (κ1) is 14.5. The fourth-order valence-corrected chi connectivity index (χ4v) is 2.81. The number of hydrogen-bond donors (Lipinski definition) is 0. The van der Waals surface area contributed by atoms with E-state index in [9.17, 15) is 4.79 Å². The molecule has 1 amide bonds. The summed E-state index contributed by atoms with van der Waals surface area (Å²) in [6, 6.07) is 0.170. The lowest BCUT2D eigenvalue weighted by Gasteiger charge is -2.42. The largest absolute Gasteiger partial charge is 0.380 e. The smallest absolute Gasteiger partial charge is 0.210 e. The molecular weight excluding hydrogens is 216 g/mol. The van der Waals surface area contributed by atoms with Gasteiger partial charge < -0.3 is 14.5 Å². The molecule has 1 rings (SSSR count). The summed E-state index contributed by atoms with van der Waals surface area (Å²) in [6.07, 6.45) is 1.07. The van der Waals surface area contributed by atoms with Crippen LogP contribution < -0.4 is 0 Å². The Hall–Kier alpha value is -0.610. The van der Waals surface area contributed by atoms with Gasteiger partial charge in [0.15, 0.2) is 0 Å². The van der Waals surface area contributed by atoms with Crippen molar-refractivity contribution in [2.75, 3.05) is 33.8 Å². The third-order valence-corrected chi connectivity index (χ3v) is 3.66. The molecule has 0 saturated carbocycles. The van der Waals surface area contributed by atoms with Gasteiger partial charge in [0.2, 0.25) is 6.41 Å². The van der Waals surface area contributed by atoms with Crippen LogP contribution >= 0.6 is 0 Å². The van der Waals surface area contributed by atoms with E-state index >= 15 is 0 Å². The first-order valence-corrected chi connectivity index (χ1v) is 6.42. The molecule has 0 aliphatic carbocycles. The molecule has 0 bridgehead atoms. The van der Waals surface area contributed by atoms with Crippen LogP contribution in [0, 0.1) is 11.8 Å². The number of hydrogen-bond acceptors (Lipinski definition) is 3. The van der Waals surface area contributed by atoms with Gasteiger partial charge in [0, 0.05) is 32.7 Å². The zero-order valence-corrected chi connectivity index (χ0v) is 11.7. The topological polar surface area (TPSA) is 32.8 Å². The average Bonchev–Trinajstić information content (AvgIpc) is 2.24. The molecule has 4 nitrogen and oxygen atoms in total. The molecule has 1 heterocycles. The quantitative estimate of drug-likeness (QED) is 0.626. The van der Waals surface area contributed by atoms with Crippen molar-refractivity contribution in [3.8, 4) is 0 Å². The van der Waals surface area contributed by atoms with Gasteiger partial charge in [0.25, 0.3) is 0 Å².